The first-order valence-corrected chi connectivity index (χ1v) is 10.9. The second kappa shape index (κ2) is 10.0. The van der Waals surface area contributed by atoms with Crippen LogP contribution >= 0.6 is 0 Å². The van der Waals surface area contributed by atoms with Gasteiger partial charge in [0.1, 0.15) is 18.0 Å². The number of benzene rings is 3. The molecule has 0 radical (unpaired) electrons. The van der Waals surface area contributed by atoms with Gasteiger partial charge in [0.25, 0.3) is 11.6 Å². The van der Waals surface area contributed by atoms with Gasteiger partial charge in [0.2, 0.25) is 0 Å². The summed E-state index contributed by atoms with van der Waals surface area (Å²) in [5.41, 5.74) is -0.132. The summed E-state index contributed by atoms with van der Waals surface area (Å²) in [4.78, 5) is 26.9. The van der Waals surface area contributed by atoms with E-state index in [-0.39, 0.29) is 37.8 Å². The first-order chi connectivity index (χ1) is 16.7. The van der Waals surface area contributed by atoms with Crippen LogP contribution in [0.3, 0.4) is 0 Å². The summed E-state index contributed by atoms with van der Waals surface area (Å²) in [5.74, 6) is 0.343. The summed E-state index contributed by atoms with van der Waals surface area (Å²) in [5, 5.41) is 11.4. The van der Waals surface area contributed by atoms with Gasteiger partial charge < -0.3 is 14.5 Å². The van der Waals surface area contributed by atoms with Crippen LogP contribution in [0, 0.1) is 10.1 Å². The maximum atomic E-state index is 13.0. The van der Waals surface area contributed by atoms with Crippen LogP contribution in [0.25, 0.3) is 0 Å². The van der Waals surface area contributed by atoms with E-state index in [9.17, 15) is 28.1 Å². The van der Waals surface area contributed by atoms with Gasteiger partial charge in [0.05, 0.1) is 10.5 Å². The fourth-order valence-electron chi connectivity index (χ4n) is 3.91. The number of nitro benzene ring substituents is 1. The molecule has 3 aromatic carbocycles. The third kappa shape index (κ3) is 5.71. The maximum Gasteiger partial charge on any atom is 0.416 e. The summed E-state index contributed by atoms with van der Waals surface area (Å²) in [6, 6.07) is 19.0. The molecule has 1 amide bonds. The average Bonchev–Trinajstić information content (AvgIpc) is 2.87. The predicted molar refractivity (Wildman–Crippen MR) is 123 cm³/mol. The highest BCUT2D eigenvalue weighted by Crippen LogP contribution is 2.36. The molecule has 1 aliphatic rings. The lowest BCUT2D eigenvalue weighted by atomic mass is 10.1. The van der Waals surface area contributed by atoms with Crippen LogP contribution in [0.1, 0.15) is 21.5 Å². The van der Waals surface area contributed by atoms with Crippen LogP contribution in [0.2, 0.25) is 0 Å². The van der Waals surface area contributed by atoms with Gasteiger partial charge in [-0.05, 0) is 35.9 Å². The monoisotopic (exact) mass is 485 g/mol. The fourth-order valence-corrected chi connectivity index (χ4v) is 3.91. The number of rotatable bonds is 6. The van der Waals surface area contributed by atoms with Crippen molar-refractivity contribution in [2.24, 2.45) is 0 Å². The fraction of sp³-hybridized carbons (Fsp3) is 0.240. The van der Waals surface area contributed by atoms with Crippen LogP contribution in [-0.2, 0) is 12.8 Å². The lowest BCUT2D eigenvalue weighted by Crippen LogP contribution is -2.49. The summed E-state index contributed by atoms with van der Waals surface area (Å²) in [6.45, 7) is 1.41. The minimum Gasteiger partial charge on any atom is -0.489 e. The van der Waals surface area contributed by atoms with Crippen LogP contribution in [-0.4, -0.2) is 41.9 Å². The number of carbonyl (C=O) groups is 1. The molecule has 0 unspecified atom stereocenters. The zero-order chi connectivity index (χ0) is 25.0. The van der Waals surface area contributed by atoms with Crippen molar-refractivity contribution in [3.05, 3.63) is 99.6 Å². The SMILES string of the molecule is O=C(c1cccc(OCc2ccccc2)c1)N1CCN(c2ccc(C(F)(F)F)cc2[N+](=O)[O-])CC1. The van der Waals surface area contributed by atoms with Crippen LogP contribution in [0.5, 0.6) is 5.75 Å². The molecule has 0 aromatic heterocycles. The molecule has 1 saturated heterocycles. The number of piperazine rings is 1. The number of halogens is 3. The molecule has 3 aromatic rings. The first-order valence-electron chi connectivity index (χ1n) is 10.9. The Morgan fingerprint density at radius 1 is 0.943 bits per heavy atom. The molecule has 4 rings (SSSR count). The molecule has 0 N–H and O–H groups in total. The van der Waals surface area contributed by atoms with Crippen molar-refractivity contribution in [1.29, 1.82) is 0 Å². The van der Waals surface area contributed by atoms with E-state index in [1.54, 1.807) is 34.1 Å². The standard InChI is InChI=1S/C25H22F3N3O4/c26-25(27,28)20-9-10-22(23(16-20)31(33)34)29-11-13-30(14-12-29)24(32)19-7-4-8-21(15-19)35-17-18-5-2-1-3-6-18/h1-10,15-16H,11-14,17H2. The molecule has 0 saturated carbocycles. The van der Waals surface area contributed by atoms with E-state index in [4.69, 9.17) is 4.74 Å². The molecular weight excluding hydrogens is 463 g/mol. The Hall–Kier alpha value is -4.08. The number of ether oxygens (including phenoxy) is 1. The summed E-state index contributed by atoms with van der Waals surface area (Å²) in [6.07, 6.45) is -4.67. The van der Waals surface area contributed by atoms with Gasteiger partial charge in [-0.25, -0.2) is 0 Å². The number of hydrogen-bond donors (Lipinski definition) is 0. The number of nitro groups is 1. The number of nitrogens with zero attached hydrogens (tertiary/aromatic N) is 3. The van der Waals surface area contributed by atoms with Gasteiger partial charge in [-0.2, -0.15) is 13.2 Å². The van der Waals surface area contributed by atoms with E-state index in [2.05, 4.69) is 0 Å². The Kier molecular flexibility index (Phi) is 6.90. The van der Waals surface area contributed by atoms with Crippen molar-refractivity contribution in [2.45, 2.75) is 12.8 Å². The topological polar surface area (TPSA) is 75.9 Å². The Morgan fingerprint density at radius 3 is 2.31 bits per heavy atom. The average molecular weight is 485 g/mol. The molecule has 0 spiro atoms. The number of carbonyl (C=O) groups excluding carboxylic acids is 1. The third-order valence-electron chi connectivity index (χ3n) is 5.74. The van der Waals surface area contributed by atoms with Gasteiger partial charge >= 0.3 is 6.18 Å². The number of alkyl halides is 3. The van der Waals surface area contributed by atoms with Crippen LogP contribution in [0.4, 0.5) is 24.5 Å². The van der Waals surface area contributed by atoms with Crippen molar-refractivity contribution in [2.75, 3.05) is 31.1 Å². The van der Waals surface area contributed by atoms with Gasteiger partial charge in [-0.1, -0.05) is 36.4 Å². The molecule has 0 bridgehead atoms. The molecule has 35 heavy (non-hydrogen) atoms. The van der Waals surface area contributed by atoms with E-state index in [1.807, 2.05) is 30.3 Å². The molecule has 1 fully saturated rings. The predicted octanol–water partition coefficient (Wildman–Crippen LogP) is 5.16. The third-order valence-corrected chi connectivity index (χ3v) is 5.74. The van der Waals surface area contributed by atoms with Crippen molar-refractivity contribution in [3.63, 3.8) is 0 Å². The highest BCUT2D eigenvalue weighted by Gasteiger charge is 2.34. The Balaban J connectivity index is 1.41. The Morgan fingerprint density at radius 2 is 1.66 bits per heavy atom. The number of anilines is 1. The Bertz CT molecular complexity index is 1210. The van der Waals surface area contributed by atoms with Crippen molar-refractivity contribution in [3.8, 4) is 5.75 Å². The zero-order valence-corrected chi connectivity index (χ0v) is 18.6. The summed E-state index contributed by atoms with van der Waals surface area (Å²) in [7, 11) is 0. The number of hydrogen-bond acceptors (Lipinski definition) is 5. The maximum absolute atomic E-state index is 13.0. The van der Waals surface area contributed by atoms with Gasteiger partial charge in [0.15, 0.2) is 0 Å². The van der Waals surface area contributed by atoms with E-state index in [0.29, 0.717) is 24.0 Å². The molecule has 7 nitrogen and oxygen atoms in total. The minimum absolute atomic E-state index is 0.103. The van der Waals surface area contributed by atoms with E-state index in [1.165, 1.54) is 0 Å². The molecule has 1 aliphatic heterocycles. The first kappa shape index (κ1) is 24.1. The molecule has 1 heterocycles. The van der Waals surface area contributed by atoms with E-state index < -0.39 is 22.4 Å². The van der Waals surface area contributed by atoms with Gasteiger partial charge in [-0.15, -0.1) is 0 Å². The summed E-state index contributed by atoms with van der Waals surface area (Å²) < 4.78 is 44.7. The number of amides is 1. The van der Waals surface area contributed by atoms with E-state index >= 15 is 0 Å². The van der Waals surface area contributed by atoms with Crippen molar-refractivity contribution >= 4 is 17.3 Å². The molecule has 182 valence electrons. The quantitative estimate of drug-likeness (QED) is 0.356. The molecular formula is C25H22F3N3O4. The lowest BCUT2D eigenvalue weighted by Gasteiger charge is -2.36. The normalized spacial score (nSPS) is 14.0. The van der Waals surface area contributed by atoms with Crippen molar-refractivity contribution < 1.29 is 27.6 Å². The highest BCUT2D eigenvalue weighted by molar-refractivity contribution is 5.94. The van der Waals surface area contributed by atoms with Gasteiger partial charge in [-0.3, -0.25) is 14.9 Å². The largest absolute Gasteiger partial charge is 0.489 e. The summed E-state index contributed by atoms with van der Waals surface area (Å²) >= 11 is 0. The van der Waals surface area contributed by atoms with Crippen LogP contribution in [0.15, 0.2) is 72.8 Å². The smallest absolute Gasteiger partial charge is 0.416 e. The second-order valence-electron chi connectivity index (χ2n) is 8.04. The van der Waals surface area contributed by atoms with Crippen molar-refractivity contribution in [1.82, 2.24) is 4.90 Å². The second-order valence-corrected chi connectivity index (χ2v) is 8.04. The van der Waals surface area contributed by atoms with Gasteiger partial charge in [0, 0.05) is 37.8 Å². The minimum atomic E-state index is -4.67. The van der Waals surface area contributed by atoms with E-state index in [0.717, 1.165) is 17.7 Å². The van der Waals surface area contributed by atoms with Crippen LogP contribution < -0.4 is 9.64 Å². The molecule has 10 heteroatoms. The molecule has 0 atom stereocenters. The Labute approximate surface area is 199 Å². The highest BCUT2D eigenvalue weighted by atomic mass is 19.4. The molecule has 0 aliphatic carbocycles. The zero-order valence-electron chi connectivity index (χ0n) is 18.6. The lowest BCUT2D eigenvalue weighted by molar-refractivity contribution is -0.384.